The molecule has 1 fully saturated rings. The quantitative estimate of drug-likeness (QED) is 0.582. The smallest absolute Gasteiger partial charge is 0.306 e. The Labute approximate surface area is 160 Å². The summed E-state index contributed by atoms with van der Waals surface area (Å²) < 4.78 is 5.88. The Morgan fingerprint density at radius 2 is 2.00 bits per heavy atom. The predicted molar refractivity (Wildman–Crippen MR) is 108 cm³/mol. The number of ether oxygens (including phenoxy) is 1. The van der Waals surface area contributed by atoms with Gasteiger partial charge in [-0.05, 0) is 31.2 Å². The lowest BCUT2D eigenvalue weighted by Gasteiger charge is -2.50. The number of benzene rings is 1. The normalized spacial score (nSPS) is 27.9. The maximum absolute atomic E-state index is 12.1. The fourth-order valence-electron chi connectivity index (χ4n) is 4.04. The molecule has 3 heteroatoms. The maximum atomic E-state index is 12.1. The van der Waals surface area contributed by atoms with Crippen LogP contribution in [0.15, 0.2) is 30.3 Å². The first-order valence-electron chi connectivity index (χ1n) is 10.4. The van der Waals surface area contributed by atoms with Gasteiger partial charge in [0.05, 0.1) is 0 Å². The van der Waals surface area contributed by atoms with Crippen LogP contribution in [0.2, 0.25) is 0 Å². The summed E-state index contributed by atoms with van der Waals surface area (Å²) in [6, 6.07) is 10.8. The van der Waals surface area contributed by atoms with Gasteiger partial charge in [0, 0.05) is 37.4 Å². The first-order chi connectivity index (χ1) is 12.4. The van der Waals surface area contributed by atoms with Crippen LogP contribution in [0.5, 0.6) is 0 Å². The molecule has 2 rings (SSSR count). The van der Waals surface area contributed by atoms with Gasteiger partial charge in [0.1, 0.15) is 6.10 Å². The van der Waals surface area contributed by atoms with E-state index >= 15 is 0 Å². The summed E-state index contributed by atoms with van der Waals surface area (Å²) in [5.74, 6) is 0.856. The molecule has 1 aliphatic heterocycles. The predicted octanol–water partition coefficient (Wildman–Crippen LogP) is 5.40. The minimum atomic E-state index is -0.0201. The molecule has 1 aliphatic rings. The topological polar surface area (TPSA) is 29.5 Å². The highest BCUT2D eigenvalue weighted by Crippen LogP contribution is 2.36. The Hall–Kier alpha value is -1.35. The molecule has 0 aliphatic carbocycles. The molecule has 3 nitrogen and oxygen atoms in total. The van der Waals surface area contributed by atoms with Gasteiger partial charge in [-0.15, -0.1) is 0 Å². The van der Waals surface area contributed by atoms with Crippen LogP contribution in [0, 0.1) is 5.92 Å². The van der Waals surface area contributed by atoms with Crippen LogP contribution in [0.4, 0.5) is 0 Å². The number of nitrogens with zero attached hydrogens (tertiary/aromatic N) is 1. The van der Waals surface area contributed by atoms with Crippen LogP contribution in [0.25, 0.3) is 0 Å². The number of carbonyl (C=O) groups is 1. The van der Waals surface area contributed by atoms with Crippen molar-refractivity contribution in [1.29, 1.82) is 0 Å². The third-order valence-corrected chi connectivity index (χ3v) is 6.19. The molecule has 146 valence electrons. The summed E-state index contributed by atoms with van der Waals surface area (Å²) in [7, 11) is 0. The molecule has 4 atom stereocenters. The van der Waals surface area contributed by atoms with E-state index in [1.807, 2.05) is 0 Å². The van der Waals surface area contributed by atoms with E-state index < -0.39 is 0 Å². The van der Waals surface area contributed by atoms with Crippen LogP contribution < -0.4 is 0 Å². The third-order valence-electron chi connectivity index (χ3n) is 6.19. The molecule has 0 bridgehead atoms. The lowest BCUT2D eigenvalue weighted by molar-refractivity contribution is -0.159. The number of carbonyl (C=O) groups excluding carboxylic acids is 1. The van der Waals surface area contributed by atoms with Gasteiger partial charge in [-0.1, -0.05) is 64.4 Å². The van der Waals surface area contributed by atoms with Gasteiger partial charge >= 0.3 is 5.97 Å². The molecule has 0 aromatic heterocycles. The molecule has 0 amide bonds. The van der Waals surface area contributed by atoms with Gasteiger partial charge in [0.2, 0.25) is 0 Å². The molecular formula is C23H37NO2. The summed E-state index contributed by atoms with van der Waals surface area (Å²) in [4.78, 5) is 14.8. The molecule has 1 aromatic carbocycles. The molecule has 1 heterocycles. The van der Waals surface area contributed by atoms with Gasteiger partial charge in [-0.2, -0.15) is 0 Å². The van der Waals surface area contributed by atoms with E-state index in [2.05, 4.69) is 69.9 Å². The average Bonchev–Trinajstić information content (AvgIpc) is 2.64. The second-order valence-electron chi connectivity index (χ2n) is 8.38. The molecule has 0 spiro atoms. The fraction of sp³-hybridized carbons (Fsp3) is 0.696. The zero-order valence-electron chi connectivity index (χ0n) is 17.3. The average molecular weight is 360 g/mol. The van der Waals surface area contributed by atoms with Crippen LogP contribution in [-0.2, 0) is 9.53 Å². The van der Waals surface area contributed by atoms with Crippen molar-refractivity contribution < 1.29 is 9.53 Å². The van der Waals surface area contributed by atoms with E-state index in [0.717, 1.165) is 38.8 Å². The minimum absolute atomic E-state index is 0.0201. The van der Waals surface area contributed by atoms with Gasteiger partial charge in [-0.3, -0.25) is 9.69 Å². The SMILES string of the molecule is CCCCC(=O)OC1CC(C)(CC)N(CC(C)c2ccccc2)CC1C. The van der Waals surface area contributed by atoms with Crippen molar-refractivity contribution in [2.24, 2.45) is 5.92 Å². The van der Waals surface area contributed by atoms with E-state index in [-0.39, 0.29) is 17.6 Å². The van der Waals surface area contributed by atoms with Crippen molar-refractivity contribution in [1.82, 2.24) is 4.90 Å². The minimum Gasteiger partial charge on any atom is -0.462 e. The number of esters is 1. The number of rotatable bonds is 8. The molecule has 4 unspecified atom stereocenters. The van der Waals surface area contributed by atoms with Crippen LogP contribution in [0.1, 0.15) is 78.2 Å². The van der Waals surface area contributed by atoms with E-state index in [9.17, 15) is 4.79 Å². The van der Waals surface area contributed by atoms with Crippen LogP contribution >= 0.6 is 0 Å². The second-order valence-corrected chi connectivity index (χ2v) is 8.38. The standard InChI is InChI=1S/C23H37NO2/c1-6-8-14-22(25)26-21-15-23(5,7-2)24(17-19(21)4)16-18(3)20-12-10-9-11-13-20/h9-13,18-19,21H,6-8,14-17H2,1-5H3. The van der Waals surface area contributed by atoms with Crippen LogP contribution in [-0.4, -0.2) is 35.6 Å². The van der Waals surface area contributed by atoms with E-state index in [4.69, 9.17) is 4.74 Å². The third kappa shape index (κ3) is 5.33. The first kappa shape index (κ1) is 21.0. The van der Waals surface area contributed by atoms with Crippen molar-refractivity contribution in [3.63, 3.8) is 0 Å². The second kappa shape index (κ2) is 9.55. The van der Waals surface area contributed by atoms with E-state index in [1.165, 1.54) is 5.56 Å². The molecule has 0 N–H and O–H groups in total. The van der Waals surface area contributed by atoms with Crippen molar-refractivity contribution in [3.8, 4) is 0 Å². The highest BCUT2D eigenvalue weighted by Gasteiger charge is 2.42. The van der Waals surface area contributed by atoms with Gasteiger partial charge in [0.15, 0.2) is 0 Å². The number of hydrogen-bond donors (Lipinski definition) is 0. The monoisotopic (exact) mass is 359 g/mol. The van der Waals surface area contributed by atoms with Crippen LogP contribution in [0.3, 0.4) is 0 Å². The summed E-state index contributed by atoms with van der Waals surface area (Å²) in [6.45, 7) is 13.3. The summed E-state index contributed by atoms with van der Waals surface area (Å²) in [6.07, 6.45) is 4.57. The molecule has 1 saturated heterocycles. The van der Waals surface area contributed by atoms with E-state index in [0.29, 0.717) is 18.3 Å². The Balaban J connectivity index is 2.02. The molecule has 1 aromatic rings. The highest BCUT2D eigenvalue weighted by atomic mass is 16.5. The number of likely N-dealkylation sites (tertiary alicyclic amines) is 1. The zero-order valence-corrected chi connectivity index (χ0v) is 17.3. The summed E-state index contributed by atoms with van der Waals surface area (Å²) in [5, 5.41) is 0. The largest absolute Gasteiger partial charge is 0.462 e. The Morgan fingerprint density at radius 3 is 2.62 bits per heavy atom. The Bertz CT molecular complexity index is 559. The highest BCUT2D eigenvalue weighted by molar-refractivity contribution is 5.69. The zero-order chi connectivity index (χ0) is 19.2. The summed E-state index contributed by atoms with van der Waals surface area (Å²) >= 11 is 0. The maximum Gasteiger partial charge on any atom is 0.306 e. The fourth-order valence-corrected chi connectivity index (χ4v) is 4.04. The molecule has 0 saturated carbocycles. The van der Waals surface area contributed by atoms with Crippen molar-refractivity contribution in [2.75, 3.05) is 13.1 Å². The first-order valence-corrected chi connectivity index (χ1v) is 10.4. The Kier molecular flexibility index (Phi) is 7.69. The number of hydrogen-bond acceptors (Lipinski definition) is 3. The van der Waals surface area contributed by atoms with Gasteiger partial charge < -0.3 is 4.74 Å². The summed E-state index contributed by atoms with van der Waals surface area (Å²) in [5.41, 5.74) is 1.48. The lowest BCUT2D eigenvalue weighted by Crippen LogP contribution is -2.57. The van der Waals surface area contributed by atoms with Crippen molar-refractivity contribution >= 4 is 5.97 Å². The number of piperidine rings is 1. The molecule has 26 heavy (non-hydrogen) atoms. The van der Waals surface area contributed by atoms with Gasteiger partial charge in [0.25, 0.3) is 0 Å². The molecule has 0 radical (unpaired) electrons. The van der Waals surface area contributed by atoms with Crippen molar-refractivity contribution in [2.45, 2.75) is 84.3 Å². The number of unbranched alkanes of at least 4 members (excludes halogenated alkanes) is 1. The molecular weight excluding hydrogens is 322 g/mol. The lowest BCUT2D eigenvalue weighted by atomic mass is 9.79. The Morgan fingerprint density at radius 1 is 1.31 bits per heavy atom. The van der Waals surface area contributed by atoms with Gasteiger partial charge in [-0.25, -0.2) is 0 Å². The van der Waals surface area contributed by atoms with Crippen molar-refractivity contribution in [3.05, 3.63) is 35.9 Å². The van der Waals surface area contributed by atoms with E-state index in [1.54, 1.807) is 0 Å².